The van der Waals surface area contributed by atoms with Crippen molar-refractivity contribution in [2.75, 3.05) is 12.4 Å². The number of ether oxygens (including phenoxy) is 1. The molecule has 7 nitrogen and oxygen atoms in total. The summed E-state index contributed by atoms with van der Waals surface area (Å²) >= 11 is 11.0. The Balaban J connectivity index is 1.70. The summed E-state index contributed by atoms with van der Waals surface area (Å²) in [6, 6.07) is 10.6. The van der Waals surface area contributed by atoms with Gasteiger partial charge in [-0.05, 0) is 36.4 Å². The first-order chi connectivity index (χ1) is 14.0. The Hall–Kier alpha value is -2.49. The van der Waals surface area contributed by atoms with E-state index in [1.807, 2.05) is 19.1 Å². The number of benzene rings is 2. The molecule has 2 aromatic heterocycles. The first kappa shape index (κ1) is 19.8. The molecule has 0 aliphatic heterocycles. The lowest BCUT2D eigenvalue weighted by Crippen LogP contribution is -2.13. The fraction of sp³-hybridized carbons (Fsp3) is 0.158. The molecule has 29 heavy (non-hydrogen) atoms. The Bertz CT molecular complexity index is 1220. The second-order valence-electron chi connectivity index (χ2n) is 6.06. The molecule has 0 unspecified atom stereocenters. The van der Waals surface area contributed by atoms with Crippen LogP contribution in [0.15, 0.2) is 40.9 Å². The monoisotopic (exact) mass is 491 g/mol. The highest BCUT2D eigenvalue weighted by Crippen LogP contribution is 2.33. The third kappa shape index (κ3) is 3.85. The van der Waals surface area contributed by atoms with E-state index in [1.54, 1.807) is 35.9 Å². The Morgan fingerprint density at radius 1 is 1.28 bits per heavy atom. The zero-order valence-corrected chi connectivity index (χ0v) is 18.6. The number of rotatable bonds is 5. The van der Waals surface area contributed by atoms with Crippen molar-refractivity contribution in [1.29, 1.82) is 0 Å². The number of methoxy groups -OCH3 is 1. The maximum absolute atomic E-state index is 12.8. The number of aryl methyl sites for hydroxylation is 1. The Labute approximate surface area is 183 Å². The normalized spacial score (nSPS) is 11.0. The van der Waals surface area contributed by atoms with E-state index in [4.69, 9.17) is 16.3 Å². The average Bonchev–Trinajstić information content (AvgIpc) is 3.30. The zero-order chi connectivity index (χ0) is 20.5. The molecule has 148 valence electrons. The number of halogens is 2. The van der Waals surface area contributed by atoms with E-state index in [1.165, 1.54) is 11.3 Å². The molecule has 0 saturated carbocycles. The minimum Gasteiger partial charge on any atom is -0.495 e. The van der Waals surface area contributed by atoms with Crippen molar-refractivity contribution in [3.05, 3.63) is 57.3 Å². The number of hydrogen-bond acceptors (Lipinski definition) is 6. The number of carbonyl (C=O) groups is 1. The van der Waals surface area contributed by atoms with Crippen molar-refractivity contribution < 1.29 is 9.53 Å². The second-order valence-corrected chi connectivity index (χ2v) is 8.34. The van der Waals surface area contributed by atoms with Crippen molar-refractivity contribution in [3.8, 4) is 16.3 Å². The molecule has 0 bridgehead atoms. The van der Waals surface area contributed by atoms with Gasteiger partial charge in [-0.2, -0.15) is 9.61 Å². The van der Waals surface area contributed by atoms with Gasteiger partial charge in [0.15, 0.2) is 5.82 Å². The van der Waals surface area contributed by atoms with E-state index in [9.17, 15) is 4.79 Å². The molecule has 1 N–H and O–H groups in total. The highest BCUT2D eigenvalue weighted by atomic mass is 79.9. The maximum atomic E-state index is 12.8. The molecule has 2 aromatic carbocycles. The number of nitrogens with one attached hydrogen (secondary N) is 1. The molecule has 0 spiro atoms. The van der Waals surface area contributed by atoms with Crippen LogP contribution in [0.5, 0.6) is 5.75 Å². The second kappa shape index (κ2) is 8.10. The van der Waals surface area contributed by atoms with Crippen LogP contribution in [0.3, 0.4) is 0 Å². The lowest BCUT2D eigenvalue weighted by Gasteiger charge is -2.12. The number of carbonyl (C=O) groups excluding carboxylic acids is 1. The van der Waals surface area contributed by atoms with Crippen molar-refractivity contribution in [2.24, 2.45) is 0 Å². The lowest BCUT2D eigenvalue weighted by molar-refractivity contribution is 0.102. The molecule has 0 aliphatic carbocycles. The smallest absolute Gasteiger partial charge is 0.257 e. The Kier molecular flexibility index (Phi) is 5.53. The van der Waals surface area contributed by atoms with Gasteiger partial charge in [0, 0.05) is 16.5 Å². The molecule has 4 aromatic rings. The van der Waals surface area contributed by atoms with Crippen LogP contribution in [0.1, 0.15) is 23.1 Å². The van der Waals surface area contributed by atoms with Crippen molar-refractivity contribution >= 4 is 55.4 Å². The molecule has 2 heterocycles. The summed E-state index contributed by atoms with van der Waals surface area (Å²) in [6.45, 7) is 2.00. The SMILES string of the molecule is CCc1nnc2sc(-c3ccc(OC)c(NC(=O)c4cc(Br)ccc4Cl)c3)nn12. The standard InChI is InChI=1S/C19H15BrClN5O2S/c1-3-16-23-24-19-26(16)25-18(29-19)10-4-7-15(28-2)14(8-10)22-17(27)12-9-11(20)5-6-13(12)21/h4-9H,3H2,1-2H3,(H,22,27). The summed E-state index contributed by atoms with van der Waals surface area (Å²) in [4.78, 5) is 13.5. The van der Waals surface area contributed by atoms with Crippen LogP contribution in [0.2, 0.25) is 5.02 Å². The minimum absolute atomic E-state index is 0.335. The van der Waals surface area contributed by atoms with Crippen molar-refractivity contribution in [2.45, 2.75) is 13.3 Å². The summed E-state index contributed by atoms with van der Waals surface area (Å²) in [5, 5.41) is 16.9. The molecule has 0 radical (unpaired) electrons. The number of aromatic nitrogens is 4. The molecule has 0 atom stereocenters. The van der Waals surface area contributed by atoms with Gasteiger partial charge in [-0.25, -0.2) is 0 Å². The van der Waals surface area contributed by atoms with Gasteiger partial charge in [-0.15, -0.1) is 10.2 Å². The van der Waals surface area contributed by atoms with E-state index in [0.717, 1.165) is 32.2 Å². The molecule has 4 rings (SSSR count). The molecule has 10 heteroatoms. The van der Waals surface area contributed by atoms with Gasteiger partial charge in [-0.3, -0.25) is 4.79 Å². The predicted molar refractivity (Wildman–Crippen MR) is 117 cm³/mol. The number of hydrogen-bond donors (Lipinski definition) is 1. The van der Waals surface area contributed by atoms with E-state index < -0.39 is 0 Å². The van der Waals surface area contributed by atoms with Crippen LogP contribution < -0.4 is 10.1 Å². The highest BCUT2D eigenvalue weighted by Gasteiger charge is 2.17. The van der Waals surface area contributed by atoms with Gasteiger partial charge in [0.25, 0.3) is 5.91 Å². The molecule has 0 aliphatic rings. The Morgan fingerprint density at radius 2 is 2.10 bits per heavy atom. The van der Waals surface area contributed by atoms with E-state index in [2.05, 4.69) is 36.5 Å². The van der Waals surface area contributed by atoms with Crippen molar-refractivity contribution in [1.82, 2.24) is 19.8 Å². The first-order valence-electron chi connectivity index (χ1n) is 8.66. The maximum Gasteiger partial charge on any atom is 0.257 e. The third-order valence-electron chi connectivity index (χ3n) is 4.24. The van der Waals surface area contributed by atoms with Gasteiger partial charge in [0.05, 0.1) is 23.4 Å². The number of fused-ring (bicyclic) bond motifs is 1. The van der Waals surface area contributed by atoms with Crippen LogP contribution in [-0.2, 0) is 6.42 Å². The predicted octanol–water partition coefficient (Wildman–Crippen LogP) is 5.09. The van der Waals surface area contributed by atoms with Crippen LogP contribution in [0.4, 0.5) is 5.69 Å². The quantitative estimate of drug-likeness (QED) is 0.419. The van der Waals surface area contributed by atoms with Gasteiger partial charge in [0.1, 0.15) is 10.8 Å². The van der Waals surface area contributed by atoms with Gasteiger partial charge >= 0.3 is 0 Å². The fourth-order valence-electron chi connectivity index (χ4n) is 2.79. The van der Waals surface area contributed by atoms with E-state index in [0.29, 0.717) is 22.0 Å². The number of amides is 1. The number of nitrogens with zero attached hydrogens (tertiary/aromatic N) is 4. The molecule has 0 saturated heterocycles. The summed E-state index contributed by atoms with van der Waals surface area (Å²) in [6.07, 6.45) is 0.738. The van der Waals surface area contributed by atoms with Crippen LogP contribution in [-0.4, -0.2) is 32.8 Å². The highest BCUT2D eigenvalue weighted by molar-refractivity contribution is 9.10. The first-order valence-corrected chi connectivity index (χ1v) is 10.6. The fourth-order valence-corrected chi connectivity index (χ4v) is 4.21. The van der Waals surface area contributed by atoms with Gasteiger partial charge in [0.2, 0.25) is 4.96 Å². The topological polar surface area (TPSA) is 81.4 Å². The Morgan fingerprint density at radius 3 is 2.86 bits per heavy atom. The van der Waals surface area contributed by atoms with E-state index >= 15 is 0 Å². The third-order valence-corrected chi connectivity index (χ3v) is 6.01. The molecular formula is C19H15BrClN5O2S. The van der Waals surface area contributed by atoms with Crippen molar-refractivity contribution in [3.63, 3.8) is 0 Å². The molecular weight excluding hydrogens is 478 g/mol. The molecule has 1 amide bonds. The minimum atomic E-state index is -0.335. The summed E-state index contributed by atoms with van der Waals surface area (Å²) in [7, 11) is 1.55. The summed E-state index contributed by atoms with van der Waals surface area (Å²) in [5.41, 5.74) is 1.71. The summed E-state index contributed by atoms with van der Waals surface area (Å²) < 4.78 is 7.91. The van der Waals surface area contributed by atoms with Crippen LogP contribution >= 0.6 is 38.9 Å². The van der Waals surface area contributed by atoms with Gasteiger partial charge < -0.3 is 10.1 Å². The van der Waals surface area contributed by atoms with Gasteiger partial charge in [-0.1, -0.05) is 45.8 Å². The van der Waals surface area contributed by atoms with E-state index in [-0.39, 0.29) is 5.91 Å². The number of anilines is 1. The average molecular weight is 493 g/mol. The summed E-state index contributed by atoms with van der Waals surface area (Å²) in [5.74, 6) is 0.998. The lowest BCUT2D eigenvalue weighted by atomic mass is 10.1. The van der Waals surface area contributed by atoms with Crippen LogP contribution in [0, 0.1) is 0 Å². The zero-order valence-electron chi connectivity index (χ0n) is 15.4. The largest absolute Gasteiger partial charge is 0.495 e. The van der Waals surface area contributed by atoms with Crippen LogP contribution in [0.25, 0.3) is 15.5 Å². The molecule has 0 fully saturated rings.